The monoisotopic (exact) mass is 328 g/mol. The molecule has 0 aliphatic heterocycles. The summed E-state index contributed by atoms with van der Waals surface area (Å²) in [6, 6.07) is 9.59. The molecule has 0 amide bonds. The lowest BCUT2D eigenvalue weighted by atomic mass is 10.2. The second-order valence-electron chi connectivity index (χ2n) is 7.97. The van der Waals surface area contributed by atoms with Gasteiger partial charge in [-0.25, -0.2) is 0 Å². The van der Waals surface area contributed by atoms with Gasteiger partial charge in [0.25, 0.3) is 0 Å². The molecule has 0 radical (unpaired) electrons. The second kappa shape index (κ2) is 6.05. The van der Waals surface area contributed by atoms with Crippen molar-refractivity contribution in [3.05, 3.63) is 30.3 Å². The summed E-state index contributed by atoms with van der Waals surface area (Å²) in [5, 5.41) is 0.364. The molecule has 0 fully saturated rings. The van der Waals surface area contributed by atoms with Crippen LogP contribution in [0.3, 0.4) is 0 Å². The van der Waals surface area contributed by atoms with Gasteiger partial charge in [-0.3, -0.25) is 0 Å². The predicted molar refractivity (Wildman–Crippen MR) is 96.5 cm³/mol. The van der Waals surface area contributed by atoms with Gasteiger partial charge in [0.1, 0.15) is 7.14 Å². The summed E-state index contributed by atoms with van der Waals surface area (Å²) in [4.78, 5) is 0. The van der Waals surface area contributed by atoms with Crippen molar-refractivity contribution in [2.24, 2.45) is 0 Å². The highest BCUT2D eigenvalue weighted by Gasteiger charge is 2.46. The van der Waals surface area contributed by atoms with Gasteiger partial charge in [0.05, 0.1) is 7.14 Å². The van der Waals surface area contributed by atoms with Gasteiger partial charge in [0, 0.05) is 27.9 Å². The summed E-state index contributed by atoms with van der Waals surface area (Å²) in [6.07, 6.45) is 1.06. The molecule has 1 atom stereocenters. The summed E-state index contributed by atoms with van der Waals surface area (Å²) in [7, 11) is -4.93. The topological polar surface area (TPSA) is 34.1 Å². The highest BCUT2D eigenvalue weighted by molar-refractivity contribution is 7.73. The van der Waals surface area contributed by atoms with Crippen molar-refractivity contribution in [1.82, 2.24) is 0 Å². The molecular weight excluding hydrogens is 298 g/mol. The average Bonchev–Trinajstić information content (AvgIpc) is 2.34. The van der Waals surface area contributed by atoms with E-state index >= 15 is 0 Å². The zero-order valence-corrected chi connectivity index (χ0v) is 16.3. The number of benzene rings is 1. The first-order chi connectivity index (χ1) is 9.31. The number of hydrogen-bond acceptors (Lipinski definition) is 2. The first kappa shape index (κ1) is 18.7. The van der Waals surface area contributed by atoms with Crippen molar-refractivity contribution < 1.29 is 9.13 Å². The Morgan fingerprint density at radius 2 is 1.24 bits per heavy atom. The van der Waals surface area contributed by atoms with E-state index in [1.165, 1.54) is 0 Å². The van der Waals surface area contributed by atoms with Gasteiger partial charge in [-0.05, 0) is 6.66 Å². The molecule has 1 aromatic rings. The van der Waals surface area contributed by atoms with Gasteiger partial charge >= 0.3 is 0 Å². The Morgan fingerprint density at radius 1 is 0.810 bits per heavy atom. The molecule has 21 heavy (non-hydrogen) atoms. The smallest absolute Gasteiger partial charge is 0.113 e. The maximum Gasteiger partial charge on any atom is 0.113 e. The van der Waals surface area contributed by atoms with Crippen LogP contribution in [0.15, 0.2) is 30.3 Å². The van der Waals surface area contributed by atoms with Crippen LogP contribution < -0.4 is 5.30 Å². The Bertz CT molecular complexity index is 545. The normalized spacial score (nSPS) is 16.5. The molecule has 1 aromatic carbocycles. The SMILES string of the molecule is CC(C)(C)P(=O)(CC[P@](C)(=O)c1ccccc1)C(C)(C)C. The minimum atomic E-state index is -2.48. The summed E-state index contributed by atoms with van der Waals surface area (Å²) in [5.41, 5.74) is 0. The van der Waals surface area contributed by atoms with Gasteiger partial charge in [-0.15, -0.1) is 0 Å². The molecule has 0 bridgehead atoms. The Morgan fingerprint density at radius 3 is 1.62 bits per heavy atom. The zero-order chi connectivity index (χ0) is 16.5. The first-order valence-electron chi connectivity index (χ1n) is 7.53. The van der Waals surface area contributed by atoms with Crippen LogP contribution in [0, 0.1) is 0 Å². The minimum Gasteiger partial charge on any atom is -0.322 e. The van der Waals surface area contributed by atoms with E-state index in [2.05, 4.69) is 0 Å². The van der Waals surface area contributed by atoms with E-state index in [9.17, 15) is 9.13 Å². The van der Waals surface area contributed by atoms with E-state index in [1.54, 1.807) is 0 Å². The summed E-state index contributed by atoms with van der Waals surface area (Å²) < 4.78 is 26.6. The lowest BCUT2D eigenvalue weighted by Gasteiger charge is -2.41. The van der Waals surface area contributed by atoms with E-state index in [1.807, 2.05) is 78.5 Å². The van der Waals surface area contributed by atoms with Crippen LogP contribution in [0.5, 0.6) is 0 Å². The van der Waals surface area contributed by atoms with Gasteiger partial charge in [-0.2, -0.15) is 0 Å². The van der Waals surface area contributed by atoms with Crippen LogP contribution in [0.1, 0.15) is 41.5 Å². The maximum absolute atomic E-state index is 13.6. The van der Waals surface area contributed by atoms with Crippen LogP contribution >= 0.6 is 14.3 Å². The third-order valence-corrected chi connectivity index (χ3v) is 12.3. The fourth-order valence-corrected chi connectivity index (χ4v) is 9.95. The number of hydrogen-bond donors (Lipinski definition) is 0. The first-order valence-corrected chi connectivity index (χ1v) is 11.8. The lowest BCUT2D eigenvalue weighted by molar-refractivity contribution is 0.518. The molecule has 0 aromatic heterocycles. The fraction of sp³-hybridized carbons (Fsp3) is 0.647. The van der Waals surface area contributed by atoms with Gasteiger partial charge in [0.15, 0.2) is 0 Å². The van der Waals surface area contributed by atoms with Crippen molar-refractivity contribution in [1.29, 1.82) is 0 Å². The third-order valence-electron chi connectivity index (χ3n) is 4.31. The average molecular weight is 328 g/mol. The van der Waals surface area contributed by atoms with Crippen molar-refractivity contribution in [3.63, 3.8) is 0 Å². The van der Waals surface area contributed by atoms with Gasteiger partial charge in [0.2, 0.25) is 0 Å². The molecule has 0 spiro atoms. The molecule has 0 heterocycles. The Kier molecular flexibility index (Phi) is 5.40. The summed E-state index contributed by atoms with van der Waals surface area (Å²) in [6.45, 7) is 14.1. The summed E-state index contributed by atoms with van der Waals surface area (Å²) >= 11 is 0. The highest BCUT2D eigenvalue weighted by Crippen LogP contribution is 2.67. The fourth-order valence-electron chi connectivity index (χ4n) is 2.88. The van der Waals surface area contributed by atoms with Crippen molar-refractivity contribution in [2.75, 3.05) is 19.0 Å². The van der Waals surface area contributed by atoms with E-state index in [-0.39, 0.29) is 10.3 Å². The van der Waals surface area contributed by atoms with Crippen LogP contribution in [-0.4, -0.2) is 29.3 Å². The molecule has 2 nitrogen and oxygen atoms in total. The molecule has 0 aliphatic rings. The molecule has 4 heteroatoms. The van der Waals surface area contributed by atoms with Crippen LogP contribution in [-0.2, 0) is 9.13 Å². The van der Waals surface area contributed by atoms with E-state index in [4.69, 9.17) is 0 Å². The van der Waals surface area contributed by atoms with E-state index in [0.29, 0.717) is 12.3 Å². The molecule has 0 unspecified atom stereocenters. The molecule has 120 valence electrons. The number of rotatable bonds is 4. The minimum absolute atomic E-state index is 0.262. The zero-order valence-electron chi connectivity index (χ0n) is 14.5. The van der Waals surface area contributed by atoms with Crippen molar-refractivity contribution >= 4 is 19.6 Å². The van der Waals surface area contributed by atoms with Gasteiger partial charge < -0.3 is 9.13 Å². The standard InChI is InChI=1S/C17H30O2P2/c1-16(2,3)21(19,17(4,5)6)14-13-20(7,18)15-11-9-8-10-12-15/h8-12H,13-14H2,1-7H3/t20-/m0/s1. The quantitative estimate of drug-likeness (QED) is 0.706. The third kappa shape index (κ3) is 4.11. The predicted octanol–water partition coefficient (Wildman–Crippen LogP) is 5.26. The lowest BCUT2D eigenvalue weighted by Crippen LogP contribution is -2.31. The Labute approximate surface area is 130 Å². The largest absolute Gasteiger partial charge is 0.322 e. The van der Waals surface area contributed by atoms with E-state index < -0.39 is 14.3 Å². The Hall–Kier alpha value is -0.320. The van der Waals surface area contributed by atoms with Crippen molar-refractivity contribution in [3.8, 4) is 0 Å². The molecule has 0 saturated carbocycles. The maximum atomic E-state index is 13.6. The van der Waals surface area contributed by atoms with Crippen molar-refractivity contribution in [2.45, 2.75) is 51.9 Å². The summed E-state index contributed by atoms with van der Waals surface area (Å²) in [5.74, 6) is 0. The van der Waals surface area contributed by atoms with E-state index in [0.717, 1.165) is 5.30 Å². The molecule has 0 aliphatic carbocycles. The Balaban J connectivity index is 3.05. The molecule has 0 N–H and O–H groups in total. The van der Waals surface area contributed by atoms with Gasteiger partial charge in [-0.1, -0.05) is 71.9 Å². The molecule has 0 saturated heterocycles. The van der Waals surface area contributed by atoms with Crippen LogP contribution in [0.4, 0.5) is 0 Å². The second-order valence-corrected chi connectivity index (χ2v) is 15.7. The molecular formula is C17H30O2P2. The molecule has 1 rings (SSSR count). The van der Waals surface area contributed by atoms with Crippen LogP contribution in [0.25, 0.3) is 0 Å². The highest BCUT2D eigenvalue weighted by atomic mass is 31.2. The van der Waals surface area contributed by atoms with Crippen LogP contribution in [0.2, 0.25) is 0 Å².